The number of sulfonamides is 1. The van der Waals surface area contributed by atoms with Gasteiger partial charge in [0.25, 0.3) is 0 Å². The highest BCUT2D eigenvalue weighted by atomic mass is 35.5. The van der Waals surface area contributed by atoms with Crippen molar-refractivity contribution < 1.29 is 13.2 Å². The summed E-state index contributed by atoms with van der Waals surface area (Å²) in [5, 5.41) is 0.249. The zero-order valence-corrected chi connectivity index (χ0v) is 12.6. The number of carbonyl (C=O) groups excluding carboxylic acids is 1. The number of carbonyl (C=O) groups is 1. The number of nitrogens with one attached hydrogen (secondary N) is 1. The second-order valence-corrected chi connectivity index (χ2v) is 6.82. The van der Waals surface area contributed by atoms with Gasteiger partial charge in [-0.2, -0.15) is 0 Å². The average molecular weight is 318 g/mol. The van der Waals surface area contributed by atoms with E-state index in [2.05, 4.69) is 9.71 Å². The first-order valence-electron chi connectivity index (χ1n) is 6.28. The zero-order valence-electron chi connectivity index (χ0n) is 11.0. The monoisotopic (exact) mass is 317 g/mol. The fraction of sp³-hybridized carbons (Fsp3) is 0.500. The normalized spacial score (nSPS) is 17.2. The van der Waals surface area contributed by atoms with Crippen LogP contribution >= 0.6 is 11.6 Å². The van der Waals surface area contributed by atoms with Gasteiger partial charge in [-0.3, -0.25) is 4.79 Å². The molecule has 6 nitrogen and oxygen atoms in total. The molecule has 0 radical (unpaired) electrons. The van der Waals surface area contributed by atoms with E-state index in [9.17, 15) is 13.2 Å². The Kier molecular flexibility index (Phi) is 4.62. The second kappa shape index (κ2) is 6.07. The van der Waals surface area contributed by atoms with Gasteiger partial charge in [0.15, 0.2) is 0 Å². The molecule has 2 rings (SSSR count). The molecule has 1 amide bonds. The molecule has 0 saturated carbocycles. The summed E-state index contributed by atoms with van der Waals surface area (Å²) in [5.74, 6) is 0.0215. The van der Waals surface area contributed by atoms with Crippen LogP contribution in [0.4, 0.5) is 0 Å². The van der Waals surface area contributed by atoms with Crippen molar-refractivity contribution in [2.45, 2.75) is 30.7 Å². The Morgan fingerprint density at radius 3 is 2.55 bits per heavy atom. The van der Waals surface area contributed by atoms with E-state index in [1.807, 2.05) is 0 Å². The Morgan fingerprint density at radius 2 is 2.05 bits per heavy atom. The maximum absolute atomic E-state index is 12.2. The van der Waals surface area contributed by atoms with E-state index in [1.165, 1.54) is 25.3 Å². The zero-order chi connectivity index (χ0) is 14.8. The van der Waals surface area contributed by atoms with Gasteiger partial charge < -0.3 is 4.90 Å². The first-order valence-corrected chi connectivity index (χ1v) is 8.14. The third kappa shape index (κ3) is 3.68. The standard InChI is InChI=1S/C12H16ClN3O3S/c1-9(17)16-6-4-10(5-7-16)15-20(18,19)11-2-3-12(13)14-8-11/h2-3,8,10,15H,4-7H2,1H3. The number of likely N-dealkylation sites (tertiary alicyclic amines) is 1. The lowest BCUT2D eigenvalue weighted by atomic mass is 10.1. The Morgan fingerprint density at radius 1 is 1.40 bits per heavy atom. The molecular weight excluding hydrogens is 302 g/mol. The molecule has 0 aliphatic carbocycles. The molecule has 8 heteroatoms. The largest absolute Gasteiger partial charge is 0.343 e. The Bertz CT molecular complexity index is 580. The van der Waals surface area contributed by atoms with Crippen LogP contribution in [0.15, 0.2) is 23.2 Å². The molecule has 1 aromatic rings. The van der Waals surface area contributed by atoms with E-state index < -0.39 is 10.0 Å². The topological polar surface area (TPSA) is 79.4 Å². The summed E-state index contributed by atoms with van der Waals surface area (Å²) in [6.45, 7) is 2.66. The van der Waals surface area contributed by atoms with Crippen molar-refractivity contribution in [3.63, 3.8) is 0 Å². The van der Waals surface area contributed by atoms with Crippen LogP contribution < -0.4 is 4.72 Å². The van der Waals surface area contributed by atoms with Crippen LogP contribution in [-0.2, 0) is 14.8 Å². The van der Waals surface area contributed by atoms with Gasteiger partial charge in [0.1, 0.15) is 10.0 Å². The van der Waals surface area contributed by atoms with Gasteiger partial charge in [-0.1, -0.05) is 11.6 Å². The smallest absolute Gasteiger partial charge is 0.242 e. The van der Waals surface area contributed by atoms with Crippen molar-refractivity contribution in [3.8, 4) is 0 Å². The quantitative estimate of drug-likeness (QED) is 0.844. The van der Waals surface area contributed by atoms with E-state index in [-0.39, 0.29) is 22.0 Å². The minimum Gasteiger partial charge on any atom is -0.343 e. The third-order valence-electron chi connectivity index (χ3n) is 3.27. The third-order valence-corrected chi connectivity index (χ3v) is 5.00. The maximum Gasteiger partial charge on any atom is 0.242 e. The average Bonchev–Trinajstić information content (AvgIpc) is 2.39. The van der Waals surface area contributed by atoms with Crippen molar-refractivity contribution in [2.24, 2.45) is 0 Å². The molecule has 110 valence electrons. The molecule has 1 N–H and O–H groups in total. The van der Waals surface area contributed by atoms with E-state index in [0.29, 0.717) is 25.9 Å². The Hall–Kier alpha value is -1.18. The highest BCUT2D eigenvalue weighted by Gasteiger charge is 2.25. The highest BCUT2D eigenvalue weighted by molar-refractivity contribution is 7.89. The Labute approximate surface area is 123 Å². The number of hydrogen-bond donors (Lipinski definition) is 1. The second-order valence-electron chi connectivity index (χ2n) is 4.72. The summed E-state index contributed by atoms with van der Waals surface area (Å²) in [4.78, 5) is 16.8. The van der Waals surface area contributed by atoms with Crippen molar-refractivity contribution in [3.05, 3.63) is 23.5 Å². The summed E-state index contributed by atoms with van der Waals surface area (Å²) < 4.78 is 26.9. The molecule has 0 bridgehead atoms. The molecule has 1 fully saturated rings. The van der Waals surface area contributed by atoms with Crippen LogP contribution in [0, 0.1) is 0 Å². The SMILES string of the molecule is CC(=O)N1CCC(NS(=O)(=O)c2ccc(Cl)nc2)CC1. The van der Waals surface area contributed by atoms with E-state index in [4.69, 9.17) is 11.6 Å². The summed E-state index contributed by atoms with van der Waals surface area (Å²) in [6, 6.07) is 2.70. The summed E-state index contributed by atoms with van der Waals surface area (Å²) in [7, 11) is -3.59. The van der Waals surface area contributed by atoms with Crippen LogP contribution in [-0.4, -0.2) is 43.3 Å². The predicted molar refractivity (Wildman–Crippen MR) is 74.8 cm³/mol. The van der Waals surface area contributed by atoms with Crippen molar-refractivity contribution in [1.29, 1.82) is 0 Å². The molecule has 1 aliphatic heterocycles. The first-order chi connectivity index (χ1) is 9.38. The number of rotatable bonds is 3. The highest BCUT2D eigenvalue weighted by Crippen LogP contribution is 2.15. The number of halogens is 1. The lowest BCUT2D eigenvalue weighted by Gasteiger charge is -2.31. The van der Waals surface area contributed by atoms with Crippen LogP contribution in [0.5, 0.6) is 0 Å². The van der Waals surface area contributed by atoms with Gasteiger partial charge in [0.05, 0.1) is 0 Å². The first kappa shape index (κ1) is 15.2. The maximum atomic E-state index is 12.2. The number of hydrogen-bond acceptors (Lipinski definition) is 4. The molecule has 0 spiro atoms. The number of pyridine rings is 1. The molecule has 0 aromatic carbocycles. The van der Waals surface area contributed by atoms with Gasteiger partial charge in [-0.05, 0) is 25.0 Å². The van der Waals surface area contributed by atoms with Crippen LogP contribution in [0.2, 0.25) is 5.15 Å². The van der Waals surface area contributed by atoms with Gasteiger partial charge >= 0.3 is 0 Å². The van der Waals surface area contributed by atoms with Crippen LogP contribution in [0.1, 0.15) is 19.8 Å². The number of piperidine rings is 1. The fourth-order valence-corrected chi connectivity index (χ4v) is 3.48. The van der Waals surface area contributed by atoms with Crippen molar-refractivity contribution in [2.75, 3.05) is 13.1 Å². The van der Waals surface area contributed by atoms with Gasteiger partial charge in [-0.15, -0.1) is 0 Å². The molecule has 1 aliphatic rings. The van der Waals surface area contributed by atoms with Gasteiger partial charge in [-0.25, -0.2) is 18.1 Å². The van der Waals surface area contributed by atoms with E-state index in [0.717, 1.165) is 0 Å². The Balaban J connectivity index is 2.00. The number of aromatic nitrogens is 1. The molecule has 1 aromatic heterocycles. The molecule has 2 heterocycles. The van der Waals surface area contributed by atoms with E-state index in [1.54, 1.807) is 4.90 Å². The molecule has 0 atom stereocenters. The van der Waals surface area contributed by atoms with Crippen molar-refractivity contribution >= 4 is 27.5 Å². The van der Waals surface area contributed by atoms with Gasteiger partial charge in [0, 0.05) is 32.3 Å². The number of nitrogens with zero attached hydrogens (tertiary/aromatic N) is 2. The summed E-state index contributed by atoms with van der Waals surface area (Å²) >= 11 is 5.64. The van der Waals surface area contributed by atoms with E-state index >= 15 is 0 Å². The van der Waals surface area contributed by atoms with Crippen LogP contribution in [0.3, 0.4) is 0 Å². The fourth-order valence-electron chi connectivity index (χ4n) is 2.12. The number of amides is 1. The summed E-state index contributed by atoms with van der Waals surface area (Å²) in [6.07, 6.45) is 2.45. The van der Waals surface area contributed by atoms with Gasteiger partial charge in [0.2, 0.25) is 15.9 Å². The van der Waals surface area contributed by atoms with Crippen molar-refractivity contribution in [1.82, 2.24) is 14.6 Å². The molecular formula is C12H16ClN3O3S. The lowest BCUT2D eigenvalue weighted by Crippen LogP contribution is -2.45. The lowest BCUT2D eigenvalue weighted by molar-refractivity contribution is -0.129. The summed E-state index contributed by atoms with van der Waals surface area (Å²) in [5.41, 5.74) is 0. The minimum atomic E-state index is -3.59. The molecule has 0 unspecified atom stereocenters. The van der Waals surface area contributed by atoms with Crippen LogP contribution in [0.25, 0.3) is 0 Å². The molecule has 1 saturated heterocycles. The molecule has 20 heavy (non-hydrogen) atoms. The minimum absolute atomic E-state index is 0.0215. The predicted octanol–water partition coefficient (Wildman–Crippen LogP) is 1.02.